The summed E-state index contributed by atoms with van der Waals surface area (Å²) in [5.41, 5.74) is 0.275. The molecule has 0 bridgehead atoms. The topological polar surface area (TPSA) is 76.2 Å². The molecule has 2 aromatic rings. The van der Waals surface area contributed by atoms with E-state index in [1.54, 1.807) is 30.3 Å². The molecule has 3 rings (SSSR count). The minimum atomic E-state index is -0.930. The van der Waals surface area contributed by atoms with Gasteiger partial charge in [-0.05, 0) is 36.4 Å². The number of hydrogen-bond acceptors (Lipinski definition) is 5. The van der Waals surface area contributed by atoms with Crippen molar-refractivity contribution in [1.29, 1.82) is 0 Å². The standard InChI is InChI=1S/C18H14Cl2N2O5/c1-26-12-7-5-11(6-8-12)22-17(24)16(23)21(18(22)25)9-10-27-15-13(19)3-2-4-14(15)20/h2-8H,9-10H2,1H3. The number of ether oxygens (including phenoxy) is 2. The first-order chi connectivity index (χ1) is 12.9. The molecule has 140 valence electrons. The Morgan fingerprint density at radius 1 is 0.926 bits per heavy atom. The zero-order chi connectivity index (χ0) is 19.6. The van der Waals surface area contributed by atoms with Crippen LogP contribution >= 0.6 is 23.2 Å². The van der Waals surface area contributed by atoms with Crippen molar-refractivity contribution >= 4 is 46.7 Å². The lowest BCUT2D eigenvalue weighted by Crippen LogP contribution is -2.36. The van der Waals surface area contributed by atoms with E-state index in [1.165, 1.54) is 19.2 Å². The first-order valence-electron chi connectivity index (χ1n) is 7.85. The van der Waals surface area contributed by atoms with Crippen molar-refractivity contribution in [2.75, 3.05) is 25.2 Å². The van der Waals surface area contributed by atoms with Crippen LogP contribution in [0.2, 0.25) is 10.0 Å². The number of anilines is 1. The zero-order valence-corrected chi connectivity index (χ0v) is 15.7. The lowest BCUT2D eigenvalue weighted by Gasteiger charge is -2.16. The van der Waals surface area contributed by atoms with Gasteiger partial charge in [0.05, 0.1) is 29.4 Å². The van der Waals surface area contributed by atoms with E-state index in [4.69, 9.17) is 32.7 Å². The van der Waals surface area contributed by atoms with Crippen LogP contribution < -0.4 is 14.4 Å². The predicted octanol–water partition coefficient (Wildman–Crippen LogP) is 3.38. The number of amides is 4. The molecule has 2 aromatic carbocycles. The summed E-state index contributed by atoms with van der Waals surface area (Å²) < 4.78 is 10.5. The zero-order valence-electron chi connectivity index (χ0n) is 14.1. The molecule has 27 heavy (non-hydrogen) atoms. The van der Waals surface area contributed by atoms with E-state index in [1.807, 2.05) is 0 Å². The molecule has 7 nitrogen and oxygen atoms in total. The molecular weight excluding hydrogens is 395 g/mol. The fraction of sp³-hybridized carbons (Fsp3) is 0.167. The predicted molar refractivity (Wildman–Crippen MR) is 99.5 cm³/mol. The molecular formula is C18H14Cl2N2O5. The molecule has 0 unspecified atom stereocenters. The summed E-state index contributed by atoms with van der Waals surface area (Å²) >= 11 is 12.0. The van der Waals surface area contributed by atoms with E-state index in [2.05, 4.69) is 0 Å². The number of methoxy groups -OCH3 is 1. The highest BCUT2D eigenvalue weighted by Gasteiger charge is 2.45. The highest BCUT2D eigenvalue weighted by molar-refractivity contribution is 6.52. The fourth-order valence-corrected chi connectivity index (χ4v) is 3.03. The lowest BCUT2D eigenvalue weighted by molar-refractivity contribution is -0.139. The monoisotopic (exact) mass is 408 g/mol. The second-order valence-corrected chi connectivity index (χ2v) is 6.29. The van der Waals surface area contributed by atoms with Gasteiger partial charge in [-0.15, -0.1) is 0 Å². The van der Waals surface area contributed by atoms with Crippen molar-refractivity contribution in [3.05, 3.63) is 52.5 Å². The van der Waals surface area contributed by atoms with Crippen LogP contribution in [0.1, 0.15) is 0 Å². The molecule has 1 aliphatic rings. The van der Waals surface area contributed by atoms with Crippen LogP contribution in [0.3, 0.4) is 0 Å². The summed E-state index contributed by atoms with van der Waals surface area (Å²) in [4.78, 5) is 38.6. The van der Waals surface area contributed by atoms with Gasteiger partial charge in [0.2, 0.25) is 0 Å². The van der Waals surface area contributed by atoms with Crippen molar-refractivity contribution in [3.63, 3.8) is 0 Å². The van der Waals surface area contributed by atoms with Crippen molar-refractivity contribution in [1.82, 2.24) is 4.90 Å². The van der Waals surface area contributed by atoms with Crippen LogP contribution in [0, 0.1) is 0 Å². The van der Waals surface area contributed by atoms with Gasteiger partial charge >= 0.3 is 17.8 Å². The van der Waals surface area contributed by atoms with Crippen molar-refractivity contribution in [2.45, 2.75) is 0 Å². The second-order valence-electron chi connectivity index (χ2n) is 5.48. The number of para-hydroxylation sites is 1. The maximum absolute atomic E-state index is 12.5. The molecule has 1 heterocycles. The molecule has 0 spiro atoms. The number of carbonyl (C=O) groups is 3. The molecule has 4 amide bonds. The molecule has 1 fully saturated rings. The minimum Gasteiger partial charge on any atom is -0.497 e. The summed E-state index contributed by atoms with van der Waals surface area (Å²) in [6.45, 7) is -0.192. The summed E-state index contributed by atoms with van der Waals surface area (Å²) in [5, 5.41) is 0.607. The minimum absolute atomic E-state index is 0.0648. The highest BCUT2D eigenvalue weighted by Crippen LogP contribution is 2.32. The Balaban J connectivity index is 1.70. The molecule has 0 saturated carbocycles. The van der Waals surface area contributed by atoms with E-state index < -0.39 is 17.8 Å². The molecule has 9 heteroatoms. The van der Waals surface area contributed by atoms with Crippen LogP contribution in [0.15, 0.2) is 42.5 Å². The summed E-state index contributed by atoms with van der Waals surface area (Å²) in [6.07, 6.45) is 0. The van der Waals surface area contributed by atoms with Crippen LogP contribution in [0.4, 0.5) is 10.5 Å². The largest absolute Gasteiger partial charge is 0.497 e. The van der Waals surface area contributed by atoms with Crippen LogP contribution in [-0.4, -0.2) is 43.0 Å². The Hall–Kier alpha value is -2.77. The average Bonchev–Trinajstić information content (AvgIpc) is 2.87. The molecule has 0 radical (unpaired) electrons. The van der Waals surface area contributed by atoms with E-state index in [9.17, 15) is 14.4 Å². The second kappa shape index (κ2) is 7.85. The maximum atomic E-state index is 12.5. The van der Waals surface area contributed by atoms with Crippen LogP contribution in [-0.2, 0) is 9.59 Å². The van der Waals surface area contributed by atoms with Gasteiger partial charge in [-0.2, -0.15) is 0 Å². The van der Waals surface area contributed by atoms with Gasteiger partial charge in [-0.3, -0.25) is 14.5 Å². The third-order valence-electron chi connectivity index (χ3n) is 3.86. The number of carbonyl (C=O) groups excluding carboxylic acids is 3. The van der Waals surface area contributed by atoms with Crippen LogP contribution in [0.25, 0.3) is 0 Å². The fourth-order valence-electron chi connectivity index (χ4n) is 2.52. The molecule has 0 N–H and O–H groups in total. The third-order valence-corrected chi connectivity index (χ3v) is 4.46. The first-order valence-corrected chi connectivity index (χ1v) is 8.60. The quantitative estimate of drug-likeness (QED) is 0.540. The Kier molecular flexibility index (Phi) is 5.53. The molecule has 0 aromatic heterocycles. The number of rotatable bonds is 6. The number of halogens is 2. The first kappa shape index (κ1) is 19.0. The van der Waals surface area contributed by atoms with Gasteiger partial charge in [0.25, 0.3) is 0 Å². The molecule has 1 aliphatic heterocycles. The van der Waals surface area contributed by atoms with Crippen molar-refractivity contribution < 1.29 is 23.9 Å². The van der Waals surface area contributed by atoms with E-state index in [0.717, 1.165) is 9.80 Å². The number of imide groups is 2. The van der Waals surface area contributed by atoms with Crippen molar-refractivity contribution in [3.8, 4) is 11.5 Å². The molecule has 0 aliphatic carbocycles. The number of benzene rings is 2. The Labute approximate surface area is 165 Å². The van der Waals surface area contributed by atoms with E-state index in [0.29, 0.717) is 15.8 Å². The van der Waals surface area contributed by atoms with Gasteiger partial charge in [-0.1, -0.05) is 29.3 Å². The van der Waals surface area contributed by atoms with Gasteiger partial charge in [0.15, 0.2) is 5.75 Å². The summed E-state index contributed by atoms with van der Waals surface area (Å²) in [7, 11) is 1.50. The normalized spacial score (nSPS) is 14.1. The van der Waals surface area contributed by atoms with Gasteiger partial charge in [0.1, 0.15) is 12.4 Å². The van der Waals surface area contributed by atoms with E-state index in [-0.39, 0.29) is 24.6 Å². The average molecular weight is 409 g/mol. The number of urea groups is 1. The third kappa shape index (κ3) is 3.70. The highest BCUT2D eigenvalue weighted by atomic mass is 35.5. The Bertz CT molecular complexity index is 881. The molecule has 1 saturated heterocycles. The smallest absolute Gasteiger partial charge is 0.339 e. The van der Waals surface area contributed by atoms with Gasteiger partial charge in [0, 0.05) is 0 Å². The van der Waals surface area contributed by atoms with Gasteiger partial charge < -0.3 is 9.47 Å². The van der Waals surface area contributed by atoms with Crippen LogP contribution in [0.5, 0.6) is 11.5 Å². The van der Waals surface area contributed by atoms with E-state index >= 15 is 0 Å². The maximum Gasteiger partial charge on any atom is 0.339 e. The molecule has 0 atom stereocenters. The summed E-state index contributed by atoms with van der Waals surface area (Å²) in [6, 6.07) is 10.3. The SMILES string of the molecule is COc1ccc(N2C(=O)C(=O)N(CCOc3c(Cl)cccc3Cl)C2=O)cc1. The number of hydrogen-bond donors (Lipinski definition) is 0. The summed E-state index contributed by atoms with van der Waals surface area (Å²) in [5.74, 6) is -1.05. The van der Waals surface area contributed by atoms with Crippen molar-refractivity contribution in [2.24, 2.45) is 0 Å². The number of nitrogens with zero attached hydrogens (tertiary/aromatic N) is 2. The Morgan fingerprint density at radius 3 is 2.15 bits per heavy atom. The lowest BCUT2D eigenvalue weighted by atomic mass is 10.3. The van der Waals surface area contributed by atoms with Gasteiger partial charge in [-0.25, -0.2) is 9.69 Å². The Morgan fingerprint density at radius 2 is 1.56 bits per heavy atom.